The van der Waals surface area contributed by atoms with Crippen LogP contribution in [0.3, 0.4) is 0 Å². The smallest absolute Gasteiger partial charge is 0.309 e. The second kappa shape index (κ2) is 5.81. The zero-order chi connectivity index (χ0) is 15.6. The molecule has 0 aliphatic heterocycles. The molecule has 1 aromatic carbocycles. The van der Waals surface area contributed by atoms with E-state index in [1.54, 1.807) is 25.5 Å². The molecule has 1 N–H and O–H groups in total. The molecule has 6 heteroatoms. The number of halogens is 4. The fraction of sp³-hybridized carbons (Fsp3) is 0.267. The van der Waals surface area contributed by atoms with Crippen LogP contribution in [0.15, 0.2) is 36.7 Å². The maximum Gasteiger partial charge on any atom is 0.419 e. The lowest BCUT2D eigenvalue weighted by atomic mass is 9.95. The van der Waals surface area contributed by atoms with Crippen LogP contribution in [0.25, 0.3) is 0 Å². The third-order valence-corrected chi connectivity index (χ3v) is 3.30. The number of aromatic nitrogens is 1. The lowest BCUT2D eigenvalue weighted by molar-refractivity contribution is -0.140. The molecule has 2 aromatic rings. The number of alkyl halides is 3. The Morgan fingerprint density at radius 1 is 1.19 bits per heavy atom. The minimum Gasteiger partial charge on any atom is -0.309 e. The highest BCUT2D eigenvalue weighted by Crippen LogP contribution is 2.33. The highest BCUT2D eigenvalue weighted by atomic mass is 19.4. The van der Waals surface area contributed by atoms with Crippen LogP contribution in [-0.4, -0.2) is 12.0 Å². The summed E-state index contributed by atoms with van der Waals surface area (Å²) in [4.78, 5) is 3.97. The predicted octanol–water partition coefficient (Wildman–Crippen LogP) is 3.86. The Hall–Kier alpha value is -1.95. The van der Waals surface area contributed by atoms with Crippen molar-refractivity contribution in [2.45, 2.75) is 19.1 Å². The molecule has 0 saturated carbocycles. The van der Waals surface area contributed by atoms with E-state index in [2.05, 4.69) is 10.3 Å². The number of hydrogen-bond acceptors (Lipinski definition) is 2. The Bertz CT molecular complexity index is 638. The molecule has 1 atom stereocenters. The van der Waals surface area contributed by atoms with Gasteiger partial charge in [0.2, 0.25) is 0 Å². The minimum absolute atomic E-state index is 0.398. The van der Waals surface area contributed by atoms with Gasteiger partial charge in [0.25, 0.3) is 0 Å². The van der Waals surface area contributed by atoms with Crippen molar-refractivity contribution < 1.29 is 17.6 Å². The molecule has 0 aliphatic rings. The Labute approximate surface area is 119 Å². The van der Waals surface area contributed by atoms with E-state index in [1.165, 1.54) is 6.07 Å². The van der Waals surface area contributed by atoms with Crippen molar-refractivity contribution in [1.29, 1.82) is 0 Å². The molecule has 1 unspecified atom stereocenters. The summed E-state index contributed by atoms with van der Waals surface area (Å²) < 4.78 is 51.5. The average Bonchev–Trinajstić information content (AvgIpc) is 2.40. The van der Waals surface area contributed by atoms with Gasteiger partial charge in [-0.15, -0.1) is 0 Å². The van der Waals surface area contributed by atoms with E-state index in [4.69, 9.17) is 0 Å². The maximum absolute atomic E-state index is 13.7. The number of rotatable bonds is 3. The third-order valence-electron chi connectivity index (χ3n) is 3.30. The highest BCUT2D eigenvalue weighted by Gasteiger charge is 2.34. The summed E-state index contributed by atoms with van der Waals surface area (Å²) in [5, 5.41) is 2.99. The molecule has 2 nitrogen and oxygen atoms in total. The van der Waals surface area contributed by atoms with E-state index in [1.807, 2.05) is 6.92 Å². The third kappa shape index (κ3) is 3.21. The Balaban J connectivity index is 2.45. The lowest BCUT2D eigenvalue weighted by Gasteiger charge is -2.20. The molecule has 0 radical (unpaired) electrons. The van der Waals surface area contributed by atoms with E-state index >= 15 is 0 Å². The van der Waals surface area contributed by atoms with Gasteiger partial charge >= 0.3 is 6.18 Å². The summed E-state index contributed by atoms with van der Waals surface area (Å²) in [5.74, 6) is -1.27. The second-order valence-electron chi connectivity index (χ2n) is 4.69. The molecule has 0 spiro atoms. The zero-order valence-electron chi connectivity index (χ0n) is 11.5. The molecule has 1 heterocycles. The topological polar surface area (TPSA) is 24.9 Å². The summed E-state index contributed by atoms with van der Waals surface area (Å²) in [6, 6.07) is 4.33. The number of nitrogens with one attached hydrogen (secondary N) is 1. The van der Waals surface area contributed by atoms with Gasteiger partial charge in [-0.05, 0) is 48.9 Å². The molecule has 0 aliphatic carbocycles. The van der Waals surface area contributed by atoms with Gasteiger partial charge < -0.3 is 5.32 Å². The van der Waals surface area contributed by atoms with Crippen molar-refractivity contribution in [2.24, 2.45) is 0 Å². The standard InChI is InChI=1S/C15H14F4N2/c1-9-8-21-6-5-11(9)14(20-2)10-3-4-12(13(16)7-10)15(17,18)19/h3-8,14,20H,1-2H3. The molecular weight excluding hydrogens is 284 g/mol. The minimum atomic E-state index is -4.69. The average molecular weight is 298 g/mol. The summed E-state index contributed by atoms with van der Waals surface area (Å²) in [7, 11) is 1.67. The van der Waals surface area contributed by atoms with Gasteiger partial charge in [0.15, 0.2) is 0 Å². The quantitative estimate of drug-likeness (QED) is 0.870. The van der Waals surface area contributed by atoms with Crippen LogP contribution < -0.4 is 5.32 Å². The van der Waals surface area contributed by atoms with Crippen LogP contribution in [-0.2, 0) is 6.18 Å². The summed E-state index contributed by atoms with van der Waals surface area (Å²) in [6.07, 6.45) is -1.45. The van der Waals surface area contributed by atoms with Crippen LogP contribution in [0.5, 0.6) is 0 Å². The first-order chi connectivity index (χ1) is 9.84. The molecule has 0 bridgehead atoms. The van der Waals surface area contributed by atoms with Crippen LogP contribution in [0, 0.1) is 12.7 Å². The number of hydrogen-bond donors (Lipinski definition) is 1. The maximum atomic E-state index is 13.7. The van der Waals surface area contributed by atoms with E-state index < -0.39 is 23.6 Å². The van der Waals surface area contributed by atoms with Gasteiger partial charge in [-0.1, -0.05) is 6.07 Å². The van der Waals surface area contributed by atoms with Crippen molar-refractivity contribution >= 4 is 0 Å². The van der Waals surface area contributed by atoms with Gasteiger partial charge in [-0.2, -0.15) is 13.2 Å². The van der Waals surface area contributed by atoms with Gasteiger partial charge in [-0.25, -0.2) is 4.39 Å². The SMILES string of the molecule is CNC(c1ccc(C(F)(F)F)c(F)c1)c1ccncc1C. The molecule has 0 fully saturated rings. The normalized spacial score (nSPS) is 13.2. The van der Waals surface area contributed by atoms with Crippen LogP contribution in [0.4, 0.5) is 17.6 Å². The van der Waals surface area contributed by atoms with Gasteiger partial charge in [0.05, 0.1) is 11.6 Å². The molecular formula is C15H14F4N2. The van der Waals surface area contributed by atoms with Crippen LogP contribution >= 0.6 is 0 Å². The van der Waals surface area contributed by atoms with Crippen molar-refractivity contribution in [3.8, 4) is 0 Å². The predicted molar refractivity (Wildman–Crippen MR) is 71.3 cm³/mol. The number of benzene rings is 1. The first-order valence-corrected chi connectivity index (χ1v) is 6.29. The summed E-state index contributed by atoms with van der Waals surface area (Å²) in [5.41, 5.74) is 0.883. The molecule has 112 valence electrons. The summed E-state index contributed by atoms with van der Waals surface area (Å²) >= 11 is 0. The summed E-state index contributed by atoms with van der Waals surface area (Å²) in [6.45, 7) is 1.84. The molecule has 2 rings (SSSR count). The van der Waals surface area contributed by atoms with E-state index in [0.29, 0.717) is 5.56 Å². The second-order valence-corrected chi connectivity index (χ2v) is 4.69. The fourth-order valence-electron chi connectivity index (χ4n) is 2.25. The molecule has 0 saturated heterocycles. The van der Waals surface area contributed by atoms with Crippen molar-refractivity contribution in [1.82, 2.24) is 10.3 Å². The lowest BCUT2D eigenvalue weighted by Crippen LogP contribution is -2.19. The van der Waals surface area contributed by atoms with E-state index in [-0.39, 0.29) is 0 Å². The van der Waals surface area contributed by atoms with Gasteiger partial charge in [-0.3, -0.25) is 4.98 Å². The van der Waals surface area contributed by atoms with Crippen molar-refractivity contribution in [2.75, 3.05) is 7.05 Å². The van der Waals surface area contributed by atoms with E-state index in [0.717, 1.165) is 23.3 Å². The van der Waals surface area contributed by atoms with Crippen LogP contribution in [0.2, 0.25) is 0 Å². The largest absolute Gasteiger partial charge is 0.419 e. The number of nitrogens with zero attached hydrogens (tertiary/aromatic N) is 1. The first-order valence-electron chi connectivity index (χ1n) is 6.29. The van der Waals surface area contributed by atoms with Crippen molar-refractivity contribution in [3.63, 3.8) is 0 Å². The van der Waals surface area contributed by atoms with Crippen LogP contribution in [0.1, 0.15) is 28.3 Å². The molecule has 0 amide bonds. The molecule has 1 aromatic heterocycles. The Kier molecular flexibility index (Phi) is 4.27. The van der Waals surface area contributed by atoms with Crippen molar-refractivity contribution in [3.05, 3.63) is 64.7 Å². The van der Waals surface area contributed by atoms with Gasteiger partial charge in [0, 0.05) is 12.4 Å². The monoisotopic (exact) mass is 298 g/mol. The highest BCUT2D eigenvalue weighted by molar-refractivity contribution is 5.37. The Morgan fingerprint density at radius 3 is 2.43 bits per heavy atom. The fourth-order valence-corrected chi connectivity index (χ4v) is 2.25. The first kappa shape index (κ1) is 15.4. The number of aryl methyl sites for hydroxylation is 1. The molecule has 21 heavy (non-hydrogen) atoms. The van der Waals surface area contributed by atoms with E-state index in [9.17, 15) is 17.6 Å². The zero-order valence-corrected chi connectivity index (χ0v) is 11.5. The number of pyridine rings is 1. The Morgan fingerprint density at radius 2 is 1.90 bits per heavy atom. The van der Waals surface area contributed by atoms with Gasteiger partial charge in [0.1, 0.15) is 5.82 Å².